The Bertz CT molecular complexity index is 426. The summed E-state index contributed by atoms with van der Waals surface area (Å²) in [6, 6.07) is 3.14. The molecule has 17 heavy (non-hydrogen) atoms. The molecule has 0 spiro atoms. The van der Waals surface area contributed by atoms with Gasteiger partial charge in [0.25, 0.3) is 0 Å². The van der Waals surface area contributed by atoms with Crippen molar-refractivity contribution in [2.75, 3.05) is 18.0 Å². The van der Waals surface area contributed by atoms with E-state index in [0.717, 1.165) is 30.8 Å². The van der Waals surface area contributed by atoms with Crippen LogP contribution in [-0.4, -0.2) is 18.1 Å². The number of hydrogen-bond acceptors (Lipinski definition) is 2. The molecule has 1 aliphatic carbocycles. The Morgan fingerprint density at radius 2 is 1.94 bits per heavy atom. The highest BCUT2D eigenvalue weighted by molar-refractivity contribution is 5.43. The molecule has 1 saturated carbocycles. The van der Waals surface area contributed by atoms with E-state index in [2.05, 4.69) is 30.7 Å². The van der Waals surface area contributed by atoms with E-state index in [0.29, 0.717) is 11.2 Å². The summed E-state index contributed by atoms with van der Waals surface area (Å²) < 4.78 is 13.6. The zero-order valence-corrected chi connectivity index (χ0v) is 10.7. The topological polar surface area (TPSA) is 16.1 Å². The van der Waals surface area contributed by atoms with Gasteiger partial charge in [-0.05, 0) is 35.3 Å². The molecule has 3 rings (SSSR count). The summed E-state index contributed by atoms with van der Waals surface area (Å²) >= 11 is 0. The summed E-state index contributed by atoms with van der Waals surface area (Å²) in [4.78, 5) is 6.26. The molecule has 92 valence electrons. The maximum atomic E-state index is 13.6. The summed E-state index contributed by atoms with van der Waals surface area (Å²) in [6.45, 7) is 8.87. The van der Waals surface area contributed by atoms with Gasteiger partial charge in [-0.1, -0.05) is 20.8 Å². The van der Waals surface area contributed by atoms with Crippen LogP contribution in [0.4, 0.5) is 10.2 Å². The number of pyridine rings is 1. The standard InChI is InChI=1S/C14H19FN2/c1-14(2,3)12-9-7-17(8-10(9)12)13-11(15)5-4-6-16-13/h4-6,9-10,12H,7-8H2,1-3H3. The molecule has 1 aromatic rings. The zero-order chi connectivity index (χ0) is 12.2. The first-order chi connectivity index (χ1) is 7.98. The van der Waals surface area contributed by atoms with E-state index >= 15 is 0 Å². The molecule has 0 radical (unpaired) electrons. The molecule has 2 atom stereocenters. The fourth-order valence-corrected chi connectivity index (χ4v) is 3.59. The Balaban J connectivity index is 1.72. The molecule has 0 N–H and O–H groups in total. The van der Waals surface area contributed by atoms with Gasteiger partial charge in [-0.15, -0.1) is 0 Å². The van der Waals surface area contributed by atoms with Gasteiger partial charge in [-0.2, -0.15) is 0 Å². The summed E-state index contributed by atoms with van der Waals surface area (Å²) in [5.41, 5.74) is 0.393. The lowest BCUT2D eigenvalue weighted by molar-refractivity contribution is 0.308. The van der Waals surface area contributed by atoms with E-state index in [4.69, 9.17) is 0 Å². The minimum atomic E-state index is -0.193. The quantitative estimate of drug-likeness (QED) is 0.742. The Morgan fingerprint density at radius 3 is 2.47 bits per heavy atom. The minimum Gasteiger partial charge on any atom is -0.354 e. The number of hydrogen-bond donors (Lipinski definition) is 0. The molecule has 2 heterocycles. The fraction of sp³-hybridized carbons (Fsp3) is 0.643. The van der Waals surface area contributed by atoms with Crippen molar-refractivity contribution in [2.24, 2.45) is 23.2 Å². The van der Waals surface area contributed by atoms with Crippen LogP contribution in [0.3, 0.4) is 0 Å². The summed E-state index contributed by atoms with van der Waals surface area (Å²) in [5.74, 6) is 2.65. The first-order valence-corrected chi connectivity index (χ1v) is 6.34. The SMILES string of the molecule is CC(C)(C)C1C2CN(c3ncccc3F)CC21. The molecule has 2 nitrogen and oxygen atoms in total. The molecule has 0 aromatic carbocycles. The molecule has 3 heteroatoms. The highest BCUT2D eigenvalue weighted by Gasteiger charge is 2.60. The van der Waals surface area contributed by atoms with Crippen molar-refractivity contribution >= 4 is 5.82 Å². The second-order valence-corrected chi connectivity index (χ2v) is 6.43. The third-order valence-electron chi connectivity index (χ3n) is 4.23. The average Bonchev–Trinajstić information content (AvgIpc) is 2.78. The molecule has 2 unspecified atom stereocenters. The number of nitrogens with zero attached hydrogens (tertiary/aromatic N) is 2. The largest absolute Gasteiger partial charge is 0.354 e. The number of anilines is 1. The van der Waals surface area contributed by atoms with Crippen molar-refractivity contribution in [3.05, 3.63) is 24.1 Å². The van der Waals surface area contributed by atoms with Crippen LogP contribution in [0.25, 0.3) is 0 Å². The van der Waals surface area contributed by atoms with Gasteiger partial charge in [-0.25, -0.2) is 9.37 Å². The lowest BCUT2D eigenvalue weighted by Gasteiger charge is -2.26. The normalized spacial score (nSPS) is 31.5. The average molecular weight is 234 g/mol. The lowest BCUT2D eigenvalue weighted by Crippen LogP contribution is -2.28. The maximum absolute atomic E-state index is 13.6. The molecular formula is C14H19FN2. The van der Waals surface area contributed by atoms with Gasteiger partial charge < -0.3 is 4.90 Å². The predicted molar refractivity (Wildman–Crippen MR) is 66.3 cm³/mol. The predicted octanol–water partition coefficient (Wildman–Crippen LogP) is 2.95. The van der Waals surface area contributed by atoms with Gasteiger partial charge in [0.05, 0.1) is 0 Å². The van der Waals surface area contributed by atoms with Crippen LogP contribution < -0.4 is 4.90 Å². The number of fused-ring (bicyclic) bond motifs is 1. The molecule has 2 aliphatic rings. The molecule has 2 fully saturated rings. The van der Waals surface area contributed by atoms with E-state index in [9.17, 15) is 4.39 Å². The molecule has 1 aliphatic heterocycles. The second kappa shape index (κ2) is 3.44. The van der Waals surface area contributed by atoms with E-state index in [1.807, 2.05) is 0 Å². The van der Waals surface area contributed by atoms with Gasteiger partial charge in [0.2, 0.25) is 0 Å². The molecule has 0 amide bonds. The van der Waals surface area contributed by atoms with Crippen LogP contribution in [-0.2, 0) is 0 Å². The molecule has 1 saturated heterocycles. The van der Waals surface area contributed by atoms with Crippen LogP contribution in [0.1, 0.15) is 20.8 Å². The second-order valence-electron chi connectivity index (χ2n) is 6.43. The van der Waals surface area contributed by atoms with E-state index in [1.54, 1.807) is 12.3 Å². The highest BCUT2D eigenvalue weighted by atomic mass is 19.1. The van der Waals surface area contributed by atoms with Crippen LogP contribution in [0.2, 0.25) is 0 Å². The fourth-order valence-electron chi connectivity index (χ4n) is 3.59. The molecule has 0 bridgehead atoms. The van der Waals surface area contributed by atoms with Crippen molar-refractivity contribution in [1.82, 2.24) is 4.98 Å². The lowest BCUT2D eigenvalue weighted by atomic mass is 9.87. The summed E-state index contributed by atoms with van der Waals surface area (Å²) in [6.07, 6.45) is 1.67. The van der Waals surface area contributed by atoms with Crippen molar-refractivity contribution in [3.63, 3.8) is 0 Å². The number of aromatic nitrogens is 1. The van der Waals surface area contributed by atoms with Gasteiger partial charge in [-0.3, -0.25) is 0 Å². The van der Waals surface area contributed by atoms with Gasteiger partial charge in [0, 0.05) is 19.3 Å². The first-order valence-electron chi connectivity index (χ1n) is 6.34. The molecule has 1 aromatic heterocycles. The Labute approximate surface area is 102 Å². The van der Waals surface area contributed by atoms with Gasteiger partial charge in [0.15, 0.2) is 11.6 Å². The van der Waals surface area contributed by atoms with E-state index in [1.165, 1.54) is 6.07 Å². The third-order valence-corrected chi connectivity index (χ3v) is 4.23. The maximum Gasteiger partial charge on any atom is 0.165 e. The Kier molecular flexibility index (Phi) is 2.22. The number of halogens is 1. The van der Waals surface area contributed by atoms with Crippen LogP contribution >= 0.6 is 0 Å². The number of rotatable bonds is 1. The molecular weight excluding hydrogens is 215 g/mol. The van der Waals surface area contributed by atoms with Gasteiger partial charge in [0.1, 0.15) is 0 Å². The first kappa shape index (κ1) is 11.0. The summed E-state index contributed by atoms with van der Waals surface area (Å²) in [7, 11) is 0. The van der Waals surface area contributed by atoms with Crippen molar-refractivity contribution in [3.8, 4) is 0 Å². The smallest absolute Gasteiger partial charge is 0.165 e. The third kappa shape index (κ3) is 1.72. The van der Waals surface area contributed by atoms with E-state index < -0.39 is 0 Å². The monoisotopic (exact) mass is 234 g/mol. The summed E-state index contributed by atoms with van der Waals surface area (Å²) in [5, 5.41) is 0. The van der Waals surface area contributed by atoms with Crippen molar-refractivity contribution < 1.29 is 4.39 Å². The van der Waals surface area contributed by atoms with Crippen LogP contribution in [0, 0.1) is 29.0 Å². The Hall–Kier alpha value is -1.12. The van der Waals surface area contributed by atoms with Crippen LogP contribution in [0.15, 0.2) is 18.3 Å². The Morgan fingerprint density at radius 1 is 1.29 bits per heavy atom. The number of piperidine rings is 1. The van der Waals surface area contributed by atoms with E-state index in [-0.39, 0.29) is 5.82 Å². The zero-order valence-electron chi connectivity index (χ0n) is 10.7. The van der Waals surface area contributed by atoms with Crippen molar-refractivity contribution in [2.45, 2.75) is 20.8 Å². The van der Waals surface area contributed by atoms with Gasteiger partial charge >= 0.3 is 0 Å². The van der Waals surface area contributed by atoms with Crippen LogP contribution in [0.5, 0.6) is 0 Å². The highest BCUT2D eigenvalue weighted by Crippen LogP contribution is 2.60. The minimum absolute atomic E-state index is 0.193. The van der Waals surface area contributed by atoms with Crippen molar-refractivity contribution in [1.29, 1.82) is 0 Å².